The van der Waals surface area contributed by atoms with Crippen LogP contribution in [0.15, 0.2) is 24.3 Å². The highest BCUT2D eigenvalue weighted by Crippen LogP contribution is 2.22. The minimum Gasteiger partial charge on any atom is -0.497 e. The molecule has 2 aliphatic rings. The topological polar surface area (TPSA) is 70.2 Å². The van der Waals surface area contributed by atoms with E-state index in [1.807, 2.05) is 0 Å². The molecule has 8 heteroatoms. The van der Waals surface area contributed by atoms with Crippen molar-refractivity contribution in [3.8, 4) is 5.75 Å². The zero-order valence-corrected chi connectivity index (χ0v) is 16.2. The first-order chi connectivity index (χ1) is 12.4. The van der Waals surface area contributed by atoms with Gasteiger partial charge in [-0.15, -0.1) is 0 Å². The molecule has 0 saturated carbocycles. The third kappa shape index (κ3) is 4.02. The highest BCUT2D eigenvalue weighted by atomic mass is 32.2. The van der Waals surface area contributed by atoms with Crippen LogP contribution in [0.2, 0.25) is 0 Å². The summed E-state index contributed by atoms with van der Waals surface area (Å²) in [5.41, 5.74) is 0.590. The molecule has 0 bridgehead atoms. The summed E-state index contributed by atoms with van der Waals surface area (Å²) in [5, 5.41) is 0. The normalized spacial score (nSPS) is 20.9. The van der Waals surface area contributed by atoms with Crippen molar-refractivity contribution in [3.05, 3.63) is 29.8 Å². The first-order valence-electron chi connectivity index (χ1n) is 9.10. The van der Waals surface area contributed by atoms with Gasteiger partial charge in [-0.1, -0.05) is 6.92 Å². The Morgan fingerprint density at radius 1 is 0.962 bits per heavy atom. The fraction of sp³-hybridized carbons (Fsp3) is 0.611. The molecule has 0 atom stereocenters. The Morgan fingerprint density at radius 2 is 1.50 bits per heavy atom. The first-order valence-corrected chi connectivity index (χ1v) is 10.5. The van der Waals surface area contributed by atoms with Gasteiger partial charge >= 0.3 is 0 Å². The summed E-state index contributed by atoms with van der Waals surface area (Å²) >= 11 is 0. The first kappa shape index (κ1) is 19.1. The quantitative estimate of drug-likeness (QED) is 0.791. The summed E-state index contributed by atoms with van der Waals surface area (Å²) in [5.74, 6) is 1.21. The Morgan fingerprint density at radius 3 is 2.04 bits per heavy atom. The second-order valence-electron chi connectivity index (χ2n) is 7.01. The van der Waals surface area contributed by atoms with E-state index >= 15 is 0 Å². The lowest BCUT2D eigenvalue weighted by Crippen LogP contribution is -2.55. The van der Waals surface area contributed by atoms with Gasteiger partial charge in [0.1, 0.15) is 5.75 Å². The second kappa shape index (κ2) is 7.94. The van der Waals surface area contributed by atoms with Crippen molar-refractivity contribution in [1.29, 1.82) is 0 Å². The summed E-state index contributed by atoms with van der Waals surface area (Å²) in [6.07, 6.45) is 1.82. The number of hydrogen-bond acceptors (Lipinski definition) is 4. The van der Waals surface area contributed by atoms with E-state index in [1.165, 1.54) is 4.31 Å². The minimum atomic E-state index is -3.42. The van der Waals surface area contributed by atoms with Gasteiger partial charge in [0, 0.05) is 44.8 Å². The molecule has 144 valence electrons. The van der Waals surface area contributed by atoms with Gasteiger partial charge in [-0.05, 0) is 43.0 Å². The van der Waals surface area contributed by atoms with Gasteiger partial charge in [0.05, 0.1) is 7.11 Å². The van der Waals surface area contributed by atoms with Crippen LogP contribution >= 0.6 is 0 Å². The molecule has 0 unspecified atom stereocenters. The van der Waals surface area contributed by atoms with Crippen LogP contribution in [-0.4, -0.2) is 74.2 Å². The van der Waals surface area contributed by atoms with Crippen molar-refractivity contribution in [1.82, 2.24) is 13.5 Å². The number of rotatable bonds is 4. The molecule has 26 heavy (non-hydrogen) atoms. The summed E-state index contributed by atoms with van der Waals surface area (Å²) in [7, 11) is -1.84. The molecule has 1 aromatic rings. The largest absolute Gasteiger partial charge is 0.497 e. The molecule has 2 heterocycles. The molecule has 3 rings (SSSR count). The molecule has 0 N–H and O–H groups in total. The van der Waals surface area contributed by atoms with Crippen LogP contribution in [0.5, 0.6) is 5.75 Å². The highest BCUT2D eigenvalue weighted by molar-refractivity contribution is 7.86. The van der Waals surface area contributed by atoms with Crippen LogP contribution in [0.3, 0.4) is 0 Å². The molecular formula is C18H27N3O4S. The van der Waals surface area contributed by atoms with E-state index in [0.29, 0.717) is 56.5 Å². The van der Waals surface area contributed by atoms with Crippen LogP contribution < -0.4 is 4.74 Å². The number of carbonyl (C=O) groups excluding carboxylic acids is 1. The lowest BCUT2D eigenvalue weighted by molar-refractivity contribution is 0.0693. The number of piperidine rings is 1. The number of nitrogens with zero attached hydrogens (tertiary/aromatic N) is 3. The maximum absolute atomic E-state index is 12.8. The van der Waals surface area contributed by atoms with Crippen molar-refractivity contribution in [2.75, 3.05) is 46.4 Å². The molecule has 0 aliphatic carbocycles. The third-order valence-electron chi connectivity index (χ3n) is 5.26. The Balaban J connectivity index is 1.58. The van der Waals surface area contributed by atoms with Crippen molar-refractivity contribution in [2.24, 2.45) is 5.92 Å². The molecular weight excluding hydrogens is 354 g/mol. The average Bonchev–Trinajstić information content (AvgIpc) is 2.68. The smallest absolute Gasteiger partial charge is 0.282 e. The predicted molar refractivity (Wildman–Crippen MR) is 99.4 cm³/mol. The maximum atomic E-state index is 12.8. The van der Waals surface area contributed by atoms with Gasteiger partial charge in [0.25, 0.3) is 16.1 Å². The number of ether oxygens (including phenoxy) is 1. The number of benzene rings is 1. The van der Waals surface area contributed by atoms with E-state index in [-0.39, 0.29) is 5.91 Å². The third-order valence-corrected chi connectivity index (χ3v) is 7.29. The summed E-state index contributed by atoms with van der Waals surface area (Å²) in [6, 6.07) is 6.98. The molecule has 2 aliphatic heterocycles. The van der Waals surface area contributed by atoms with E-state index in [1.54, 1.807) is 40.6 Å². The van der Waals surface area contributed by atoms with Crippen LogP contribution in [0.4, 0.5) is 0 Å². The highest BCUT2D eigenvalue weighted by Gasteiger charge is 2.35. The Bertz CT molecular complexity index is 719. The lowest BCUT2D eigenvalue weighted by Gasteiger charge is -2.38. The molecule has 2 fully saturated rings. The fourth-order valence-electron chi connectivity index (χ4n) is 3.42. The van der Waals surface area contributed by atoms with Gasteiger partial charge in [-0.25, -0.2) is 0 Å². The van der Waals surface area contributed by atoms with E-state index in [0.717, 1.165) is 12.8 Å². The van der Waals surface area contributed by atoms with Crippen LogP contribution in [-0.2, 0) is 10.2 Å². The molecule has 7 nitrogen and oxygen atoms in total. The van der Waals surface area contributed by atoms with Gasteiger partial charge in [0.2, 0.25) is 0 Å². The van der Waals surface area contributed by atoms with Crippen LogP contribution in [0.1, 0.15) is 30.1 Å². The summed E-state index contributed by atoms with van der Waals surface area (Å²) in [6.45, 7) is 4.85. The van der Waals surface area contributed by atoms with Gasteiger partial charge in [-0.2, -0.15) is 17.0 Å². The Labute approximate surface area is 155 Å². The SMILES string of the molecule is COc1ccc(C(=O)N2CCN(S(=O)(=O)N3CCC(C)CC3)CC2)cc1. The van der Waals surface area contributed by atoms with Gasteiger partial charge in [0.15, 0.2) is 0 Å². The summed E-state index contributed by atoms with van der Waals surface area (Å²) in [4.78, 5) is 14.3. The van der Waals surface area contributed by atoms with Crippen molar-refractivity contribution >= 4 is 16.1 Å². The van der Waals surface area contributed by atoms with E-state index in [2.05, 4.69) is 6.92 Å². The summed E-state index contributed by atoms with van der Waals surface area (Å²) < 4.78 is 33.8. The van der Waals surface area contributed by atoms with Crippen molar-refractivity contribution in [3.63, 3.8) is 0 Å². The van der Waals surface area contributed by atoms with Gasteiger partial charge < -0.3 is 9.64 Å². The number of hydrogen-bond donors (Lipinski definition) is 0. The van der Waals surface area contributed by atoms with Crippen LogP contribution in [0, 0.1) is 5.92 Å². The average molecular weight is 381 g/mol. The zero-order valence-electron chi connectivity index (χ0n) is 15.4. The fourth-order valence-corrected chi connectivity index (χ4v) is 5.04. The van der Waals surface area contributed by atoms with Gasteiger partial charge in [-0.3, -0.25) is 4.79 Å². The van der Waals surface area contributed by atoms with Crippen molar-refractivity contribution in [2.45, 2.75) is 19.8 Å². The lowest BCUT2D eigenvalue weighted by atomic mass is 10.0. The van der Waals surface area contributed by atoms with E-state index in [4.69, 9.17) is 4.74 Å². The van der Waals surface area contributed by atoms with Crippen molar-refractivity contribution < 1.29 is 17.9 Å². The van der Waals surface area contributed by atoms with Crippen LogP contribution in [0.25, 0.3) is 0 Å². The molecule has 0 spiro atoms. The number of carbonyl (C=O) groups is 1. The molecule has 0 aromatic heterocycles. The Hall–Kier alpha value is -1.64. The van der Waals surface area contributed by atoms with E-state index in [9.17, 15) is 13.2 Å². The zero-order chi connectivity index (χ0) is 18.7. The minimum absolute atomic E-state index is 0.0727. The number of amides is 1. The molecule has 2 saturated heterocycles. The van der Waals surface area contributed by atoms with E-state index < -0.39 is 10.2 Å². The number of methoxy groups -OCH3 is 1. The molecule has 1 amide bonds. The standard InChI is InChI=1S/C18H27N3O4S/c1-15-7-9-20(10-8-15)26(23,24)21-13-11-19(12-14-21)18(22)16-3-5-17(25-2)6-4-16/h3-6,15H,7-14H2,1-2H3. The second-order valence-corrected chi connectivity index (χ2v) is 8.94. The number of piperazine rings is 1. The monoisotopic (exact) mass is 381 g/mol. The molecule has 1 aromatic carbocycles. The molecule has 0 radical (unpaired) electrons. The predicted octanol–water partition coefficient (Wildman–Crippen LogP) is 1.43. The Kier molecular flexibility index (Phi) is 5.84. The maximum Gasteiger partial charge on any atom is 0.282 e.